The monoisotopic (exact) mass is 941 g/mol. The lowest BCUT2D eigenvalue weighted by molar-refractivity contribution is -0.166. The molecule has 0 heterocycles. The number of rotatable bonds is 48. The van der Waals surface area contributed by atoms with Crippen LogP contribution in [0, 0.1) is 0 Å². The van der Waals surface area contributed by atoms with Gasteiger partial charge < -0.3 is 14.2 Å². The Morgan fingerprint density at radius 1 is 0.324 bits per heavy atom. The summed E-state index contributed by atoms with van der Waals surface area (Å²) in [5.41, 5.74) is 0. The Kier molecular flexibility index (Phi) is 52.0. The van der Waals surface area contributed by atoms with Crippen molar-refractivity contribution in [1.29, 1.82) is 0 Å². The van der Waals surface area contributed by atoms with Gasteiger partial charge in [-0.05, 0) is 83.5 Å². The molecular weight excluding hydrogens is 841 g/mol. The van der Waals surface area contributed by atoms with Gasteiger partial charge in [-0.15, -0.1) is 0 Å². The predicted molar refractivity (Wildman–Crippen MR) is 293 cm³/mol. The minimum Gasteiger partial charge on any atom is -0.462 e. The minimum absolute atomic E-state index is 0.125. The molecular formula is C62H100O6. The van der Waals surface area contributed by atoms with Gasteiger partial charge >= 0.3 is 17.9 Å². The first kappa shape index (κ1) is 63.8. The molecule has 0 aliphatic carbocycles. The fraction of sp³-hybridized carbons (Fsp3) is 0.629. The smallest absolute Gasteiger partial charge is 0.306 e. The van der Waals surface area contributed by atoms with Gasteiger partial charge in [0.2, 0.25) is 0 Å². The Labute approximate surface area is 418 Å². The molecule has 0 amide bonds. The second-order valence-electron chi connectivity index (χ2n) is 17.9. The van der Waals surface area contributed by atoms with Gasteiger partial charge in [0.25, 0.3) is 0 Å². The molecule has 0 aliphatic heterocycles. The summed E-state index contributed by atoms with van der Waals surface area (Å²) in [6.07, 6.45) is 76.2. The van der Waals surface area contributed by atoms with E-state index in [4.69, 9.17) is 14.2 Å². The van der Waals surface area contributed by atoms with Crippen molar-refractivity contribution in [3.63, 3.8) is 0 Å². The summed E-state index contributed by atoms with van der Waals surface area (Å²) < 4.78 is 16.7. The molecule has 0 aromatic carbocycles. The summed E-state index contributed by atoms with van der Waals surface area (Å²) in [6, 6.07) is 0. The molecule has 0 fully saturated rings. The third-order valence-corrected chi connectivity index (χ3v) is 11.4. The Balaban J connectivity index is 4.56. The highest BCUT2D eigenvalue weighted by Crippen LogP contribution is 2.14. The van der Waals surface area contributed by atoms with E-state index in [1.54, 1.807) is 0 Å². The molecule has 0 aromatic rings. The Bertz CT molecular complexity index is 1450. The van der Waals surface area contributed by atoms with E-state index in [-0.39, 0.29) is 37.5 Å². The van der Waals surface area contributed by atoms with Crippen LogP contribution in [0.5, 0.6) is 0 Å². The van der Waals surface area contributed by atoms with Crippen LogP contribution in [0.2, 0.25) is 0 Å². The first-order valence-corrected chi connectivity index (χ1v) is 27.6. The van der Waals surface area contributed by atoms with Crippen molar-refractivity contribution in [2.24, 2.45) is 0 Å². The van der Waals surface area contributed by atoms with Crippen molar-refractivity contribution < 1.29 is 28.6 Å². The molecule has 0 aromatic heterocycles. The summed E-state index contributed by atoms with van der Waals surface area (Å²) in [7, 11) is 0. The van der Waals surface area contributed by atoms with Crippen molar-refractivity contribution in [3.05, 3.63) is 122 Å². The molecule has 0 spiro atoms. The lowest BCUT2D eigenvalue weighted by Crippen LogP contribution is -2.30. The van der Waals surface area contributed by atoms with Gasteiger partial charge in [0.15, 0.2) is 6.10 Å². The van der Waals surface area contributed by atoms with Crippen LogP contribution in [-0.4, -0.2) is 37.2 Å². The topological polar surface area (TPSA) is 78.9 Å². The number of carbonyl (C=O) groups excluding carboxylic acids is 3. The molecule has 384 valence electrons. The number of esters is 3. The summed E-state index contributed by atoms with van der Waals surface area (Å²) >= 11 is 0. The lowest BCUT2D eigenvalue weighted by Gasteiger charge is -2.18. The fourth-order valence-electron chi connectivity index (χ4n) is 7.24. The zero-order valence-corrected chi connectivity index (χ0v) is 43.8. The maximum atomic E-state index is 12.8. The molecule has 6 heteroatoms. The first-order valence-electron chi connectivity index (χ1n) is 27.6. The standard InChI is InChI=1S/C62H100O6/c1-4-7-10-13-16-19-22-25-27-29-31-33-34-37-40-43-46-49-52-55-61(64)67-58-59(57-66-60(63)54-51-48-45-42-39-36-24-21-18-15-12-9-6-3)68-62(65)56-53-50-47-44-41-38-35-32-30-28-26-23-20-17-14-11-8-5-2/h7,10,13,16,19,22,25,27,29,31-37,39-40,45,48,59H,4-6,8-9,11-12,14-15,17-18,20-21,23-24,26,28,30,38,41-44,46-47,49-58H2,1-3H3/b10-7+,16-13+,22-19+,27-25+,31-29+,34-33+,35-32+,39-36+,40-37+,48-45+. The van der Waals surface area contributed by atoms with E-state index in [1.165, 1.54) is 109 Å². The Morgan fingerprint density at radius 2 is 0.662 bits per heavy atom. The van der Waals surface area contributed by atoms with Crippen LogP contribution in [0.25, 0.3) is 0 Å². The van der Waals surface area contributed by atoms with E-state index in [9.17, 15) is 14.4 Å². The Morgan fingerprint density at radius 3 is 1.13 bits per heavy atom. The van der Waals surface area contributed by atoms with Gasteiger partial charge in [0.1, 0.15) is 13.2 Å². The van der Waals surface area contributed by atoms with Crippen molar-refractivity contribution in [3.8, 4) is 0 Å². The van der Waals surface area contributed by atoms with Gasteiger partial charge in [0, 0.05) is 19.3 Å². The van der Waals surface area contributed by atoms with E-state index in [2.05, 4.69) is 63.3 Å². The number of hydrogen-bond donors (Lipinski definition) is 0. The average Bonchev–Trinajstić information content (AvgIpc) is 3.34. The van der Waals surface area contributed by atoms with E-state index < -0.39 is 6.10 Å². The summed E-state index contributed by atoms with van der Waals surface area (Å²) in [6.45, 7) is 6.38. The number of hydrogen-bond acceptors (Lipinski definition) is 6. The minimum atomic E-state index is -0.827. The molecule has 0 saturated heterocycles. The highest BCUT2D eigenvalue weighted by Gasteiger charge is 2.19. The summed E-state index contributed by atoms with van der Waals surface area (Å²) in [5, 5.41) is 0. The van der Waals surface area contributed by atoms with Crippen molar-refractivity contribution in [1.82, 2.24) is 0 Å². The number of carbonyl (C=O) groups is 3. The maximum Gasteiger partial charge on any atom is 0.306 e. The van der Waals surface area contributed by atoms with Crippen LogP contribution in [-0.2, 0) is 28.6 Å². The zero-order valence-electron chi connectivity index (χ0n) is 43.8. The number of unbranched alkanes of at least 4 members (excludes halogenated alkanes) is 23. The van der Waals surface area contributed by atoms with Gasteiger partial charge in [0.05, 0.1) is 0 Å². The maximum absolute atomic E-state index is 12.8. The van der Waals surface area contributed by atoms with E-state index in [1.807, 2.05) is 79.0 Å². The van der Waals surface area contributed by atoms with Crippen molar-refractivity contribution >= 4 is 17.9 Å². The van der Waals surface area contributed by atoms with E-state index in [0.29, 0.717) is 19.3 Å². The second-order valence-corrected chi connectivity index (χ2v) is 17.9. The van der Waals surface area contributed by atoms with Crippen molar-refractivity contribution in [2.45, 2.75) is 239 Å². The fourth-order valence-corrected chi connectivity index (χ4v) is 7.24. The lowest BCUT2D eigenvalue weighted by atomic mass is 10.1. The first-order chi connectivity index (χ1) is 33.5. The van der Waals surface area contributed by atoms with Gasteiger partial charge in [-0.2, -0.15) is 0 Å². The predicted octanol–water partition coefficient (Wildman–Crippen LogP) is 18.5. The summed E-state index contributed by atoms with van der Waals surface area (Å²) in [5.74, 6) is -1.05. The van der Waals surface area contributed by atoms with Crippen LogP contribution in [0.15, 0.2) is 122 Å². The number of allylic oxidation sites excluding steroid dienone is 20. The van der Waals surface area contributed by atoms with Gasteiger partial charge in [-0.1, -0.05) is 251 Å². The highest BCUT2D eigenvalue weighted by atomic mass is 16.6. The molecule has 0 aliphatic rings. The SMILES string of the molecule is CC/C=C/C=C/C=C/C=C/C=C/C=C/C=C/CCCCCC(=O)OCC(COC(=O)CC/C=C/C/C=C/CCCCCCCC)OC(=O)CCCCCCC/C=C/CCCCCCCCCCC. The largest absolute Gasteiger partial charge is 0.462 e. The molecule has 68 heavy (non-hydrogen) atoms. The summed E-state index contributed by atoms with van der Waals surface area (Å²) in [4.78, 5) is 38.0. The quantitative estimate of drug-likeness (QED) is 0.0199. The van der Waals surface area contributed by atoms with Crippen LogP contribution in [0.4, 0.5) is 0 Å². The third kappa shape index (κ3) is 52.8. The van der Waals surface area contributed by atoms with Gasteiger partial charge in [-0.3, -0.25) is 14.4 Å². The van der Waals surface area contributed by atoms with E-state index in [0.717, 1.165) is 77.0 Å². The normalized spacial score (nSPS) is 13.0. The molecule has 0 bridgehead atoms. The van der Waals surface area contributed by atoms with Crippen LogP contribution >= 0.6 is 0 Å². The molecule has 0 saturated carbocycles. The molecule has 0 rings (SSSR count). The van der Waals surface area contributed by atoms with Crippen LogP contribution < -0.4 is 0 Å². The highest BCUT2D eigenvalue weighted by molar-refractivity contribution is 5.71. The van der Waals surface area contributed by atoms with Crippen LogP contribution in [0.3, 0.4) is 0 Å². The third-order valence-electron chi connectivity index (χ3n) is 11.4. The van der Waals surface area contributed by atoms with E-state index >= 15 is 0 Å². The van der Waals surface area contributed by atoms with Gasteiger partial charge in [-0.25, -0.2) is 0 Å². The Hall–Kier alpha value is -4.19. The molecule has 0 radical (unpaired) electrons. The average molecular weight is 941 g/mol. The second kappa shape index (κ2) is 55.4. The molecule has 1 atom stereocenters. The molecule has 0 N–H and O–H groups in total. The number of ether oxygens (including phenoxy) is 3. The van der Waals surface area contributed by atoms with Crippen LogP contribution in [0.1, 0.15) is 233 Å². The molecule has 6 nitrogen and oxygen atoms in total. The molecule has 1 unspecified atom stereocenters. The zero-order chi connectivity index (χ0) is 49.3. The van der Waals surface area contributed by atoms with Crippen molar-refractivity contribution in [2.75, 3.05) is 13.2 Å².